The minimum Gasteiger partial charge on any atom is -0.300 e. The van der Waals surface area contributed by atoms with Gasteiger partial charge >= 0.3 is 0 Å². The first-order valence-electron chi connectivity index (χ1n) is 14.3. The van der Waals surface area contributed by atoms with Crippen LogP contribution in [0.2, 0.25) is 0 Å². The molecule has 6 aromatic rings. The molecular formula is C36H27N3O2S2. The Hall–Kier alpha value is -4.59. The van der Waals surface area contributed by atoms with Crippen LogP contribution in [-0.2, 0) is 21.4 Å². The number of thiocarbonyl (C=S) groups is 1. The molecule has 210 valence electrons. The summed E-state index contributed by atoms with van der Waals surface area (Å²) in [5.41, 5.74) is 5.94. The van der Waals surface area contributed by atoms with Gasteiger partial charge in [-0.3, -0.25) is 19.4 Å². The smallest absolute Gasteiger partial charge is 0.246 e. The third-order valence-electron chi connectivity index (χ3n) is 8.86. The molecular weight excluding hydrogens is 571 g/mol. The average molecular weight is 598 g/mol. The summed E-state index contributed by atoms with van der Waals surface area (Å²) in [5, 5.41) is 3.79. The molecule has 2 aliphatic rings. The third-order valence-corrected chi connectivity index (χ3v) is 10.4. The first-order chi connectivity index (χ1) is 20.9. The zero-order valence-corrected chi connectivity index (χ0v) is 25.3. The maximum absolute atomic E-state index is 14.2. The minimum absolute atomic E-state index is 0.173. The molecule has 2 aliphatic heterocycles. The normalized spacial score (nSPS) is 16.4. The summed E-state index contributed by atoms with van der Waals surface area (Å²) in [6, 6.07) is 36.0. The number of thiophene rings is 1. The SMILES string of the molecule is CC1(C)c2cc(CC3C(=O)N(c4ccccc4)C(=S)N(c4ccccc4)C3=O)sc2-n2c3ccccc3c3cccc1c32. The number of nitrogens with zero attached hydrogens (tertiary/aromatic N) is 3. The van der Waals surface area contributed by atoms with E-state index in [2.05, 4.69) is 66.9 Å². The fourth-order valence-corrected chi connectivity index (χ4v) is 8.51. The molecule has 0 atom stereocenters. The molecule has 0 bridgehead atoms. The molecule has 43 heavy (non-hydrogen) atoms. The zero-order chi connectivity index (χ0) is 29.5. The van der Waals surface area contributed by atoms with E-state index in [0.717, 1.165) is 15.4 Å². The maximum atomic E-state index is 14.2. The van der Waals surface area contributed by atoms with E-state index in [9.17, 15) is 9.59 Å². The molecule has 1 saturated heterocycles. The number of hydrogen-bond donors (Lipinski definition) is 0. The molecule has 0 spiro atoms. The van der Waals surface area contributed by atoms with Crippen LogP contribution >= 0.6 is 23.6 Å². The van der Waals surface area contributed by atoms with Gasteiger partial charge in [0.2, 0.25) is 11.8 Å². The highest BCUT2D eigenvalue weighted by Crippen LogP contribution is 2.50. The highest BCUT2D eigenvalue weighted by Gasteiger charge is 2.46. The lowest BCUT2D eigenvalue weighted by molar-refractivity contribution is -0.132. The van der Waals surface area contributed by atoms with Crippen molar-refractivity contribution >= 4 is 73.7 Å². The summed E-state index contributed by atoms with van der Waals surface area (Å²) in [7, 11) is 0. The van der Waals surface area contributed by atoms with Gasteiger partial charge in [0, 0.05) is 27.5 Å². The molecule has 4 heterocycles. The number of para-hydroxylation sites is 4. The van der Waals surface area contributed by atoms with Crippen LogP contribution in [0.15, 0.2) is 109 Å². The van der Waals surface area contributed by atoms with E-state index < -0.39 is 5.92 Å². The Morgan fingerprint density at radius 3 is 1.95 bits per heavy atom. The van der Waals surface area contributed by atoms with Gasteiger partial charge < -0.3 is 4.57 Å². The van der Waals surface area contributed by atoms with Gasteiger partial charge in [-0.15, -0.1) is 11.3 Å². The van der Waals surface area contributed by atoms with Gasteiger partial charge in [0.15, 0.2) is 5.11 Å². The molecule has 0 N–H and O–H groups in total. The van der Waals surface area contributed by atoms with Crippen molar-refractivity contribution in [3.63, 3.8) is 0 Å². The Kier molecular flexibility index (Phi) is 5.73. The number of rotatable bonds is 4. The lowest BCUT2D eigenvalue weighted by atomic mass is 9.76. The molecule has 2 amide bonds. The van der Waals surface area contributed by atoms with Crippen LogP contribution in [0.5, 0.6) is 0 Å². The summed E-state index contributed by atoms with van der Waals surface area (Å²) < 4.78 is 2.38. The van der Waals surface area contributed by atoms with Crippen LogP contribution in [0.3, 0.4) is 0 Å². The van der Waals surface area contributed by atoms with E-state index in [1.165, 1.54) is 37.2 Å². The van der Waals surface area contributed by atoms with E-state index in [-0.39, 0.29) is 22.3 Å². The molecule has 0 saturated carbocycles. The Morgan fingerprint density at radius 2 is 1.30 bits per heavy atom. The number of hydrogen-bond acceptors (Lipinski definition) is 4. The highest BCUT2D eigenvalue weighted by molar-refractivity contribution is 7.81. The number of benzene rings is 4. The number of carbonyl (C=O) groups is 2. The monoisotopic (exact) mass is 597 g/mol. The fourth-order valence-electron chi connectivity index (χ4n) is 6.74. The summed E-state index contributed by atoms with van der Waals surface area (Å²) in [4.78, 5) is 32.3. The van der Waals surface area contributed by atoms with Crippen molar-refractivity contribution in [2.45, 2.75) is 25.7 Å². The molecule has 5 nitrogen and oxygen atoms in total. The number of carbonyl (C=O) groups excluding carboxylic acids is 2. The topological polar surface area (TPSA) is 45.6 Å². The van der Waals surface area contributed by atoms with Crippen LogP contribution in [0.1, 0.15) is 29.9 Å². The molecule has 4 aromatic carbocycles. The Labute approximate surface area is 258 Å². The molecule has 2 aromatic heterocycles. The van der Waals surface area contributed by atoms with Crippen molar-refractivity contribution < 1.29 is 9.59 Å². The molecule has 0 aliphatic carbocycles. The molecule has 0 unspecified atom stereocenters. The number of anilines is 2. The van der Waals surface area contributed by atoms with Crippen LogP contribution < -0.4 is 9.80 Å². The standard InChI is InChI=1S/C36H27N3O2S2/c1-36(2)28-18-11-17-26-25-16-9-10-19-30(25)39(31(26)28)34-29(36)21-24(43-34)20-27-32(40)37(22-12-5-3-6-13-22)35(42)38(33(27)41)23-14-7-4-8-15-23/h3-19,21,27H,20H2,1-2H3. The second kappa shape index (κ2) is 9.46. The third kappa shape index (κ3) is 3.71. The molecule has 0 radical (unpaired) electrons. The molecule has 8 rings (SSSR count). The highest BCUT2D eigenvalue weighted by atomic mass is 32.1. The second-order valence-corrected chi connectivity index (χ2v) is 13.1. The fraction of sp³-hybridized carbons (Fsp3) is 0.139. The predicted molar refractivity (Wildman–Crippen MR) is 178 cm³/mol. The number of amides is 2. The number of aromatic nitrogens is 1. The minimum atomic E-state index is -0.917. The van der Waals surface area contributed by atoms with Gasteiger partial charge in [-0.25, -0.2) is 0 Å². The summed E-state index contributed by atoms with van der Waals surface area (Å²) in [6.07, 6.45) is 0.291. The van der Waals surface area contributed by atoms with Crippen LogP contribution in [0.4, 0.5) is 11.4 Å². The van der Waals surface area contributed by atoms with E-state index >= 15 is 0 Å². The predicted octanol–water partition coefficient (Wildman–Crippen LogP) is 8.01. The van der Waals surface area contributed by atoms with Gasteiger partial charge in [0.05, 0.1) is 22.4 Å². The summed E-state index contributed by atoms with van der Waals surface area (Å²) >= 11 is 7.48. The van der Waals surface area contributed by atoms with Gasteiger partial charge in [-0.2, -0.15) is 0 Å². The Bertz CT molecular complexity index is 2050. The largest absolute Gasteiger partial charge is 0.300 e. The van der Waals surface area contributed by atoms with E-state index in [4.69, 9.17) is 12.2 Å². The second-order valence-electron chi connectivity index (χ2n) is 11.7. The van der Waals surface area contributed by atoms with E-state index in [1.54, 1.807) is 11.3 Å². The zero-order valence-electron chi connectivity index (χ0n) is 23.7. The first kappa shape index (κ1) is 26.1. The van der Waals surface area contributed by atoms with Crippen molar-refractivity contribution in [3.8, 4) is 5.00 Å². The van der Waals surface area contributed by atoms with Crippen molar-refractivity contribution in [1.82, 2.24) is 4.57 Å². The maximum Gasteiger partial charge on any atom is 0.246 e. The van der Waals surface area contributed by atoms with Gasteiger partial charge in [-0.05, 0) is 59.7 Å². The van der Waals surface area contributed by atoms with E-state index in [0.29, 0.717) is 17.8 Å². The first-order valence-corrected chi connectivity index (χ1v) is 15.6. The van der Waals surface area contributed by atoms with Gasteiger partial charge in [0.1, 0.15) is 10.9 Å². The van der Waals surface area contributed by atoms with Crippen LogP contribution in [-0.4, -0.2) is 21.5 Å². The Balaban J connectivity index is 1.26. The van der Waals surface area contributed by atoms with Gasteiger partial charge in [0.25, 0.3) is 0 Å². The van der Waals surface area contributed by atoms with Crippen LogP contribution in [0, 0.1) is 5.92 Å². The average Bonchev–Trinajstić information content (AvgIpc) is 3.60. The van der Waals surface area contributed by atoms with Crippen molar-refractivity contribution in [2.24, 2.45) is 5.92 Å². The molecule has 1 fully saturated rings. The van der Waals surface area contributed by atoms with Gasteiger partial charge in [-0.1, -0.05) is 86.6 Å². The van der Waals surface area contributed by atoms with Crippen molar-refractivity contribution in [2.75, 3.05) is 9.80 Å². The lowest BCUT2D eigenvalue weighted by Crippen LogP contribution is -2.60. The van der Waals surface area contributed by atoms with Crippen molar-refractivity contribution in [1.29, 1.82) is 0 Å². The number of fused-ring (bicyclic) bond motifs is 5. The molecule has 7 heteroatoms. The quantitative estimate of drug-likeness (QED) is 0.153. The van der Waals surface area contributed by atoms with Crippen molar-refractivity contribution in [3.05, 3.63) is 125 Å². The van der Waals surface area contributed by atoms with E-state index in [1.807, 2.05) is 60.7 Å². The Morgan fingerprint density at radius 1 is 0.721 bits per heavy atom. The summed E-state index contributed by atoms with van der Waals surface area (Å²) in [6.45, 7) is 4.53. The summed E-state index contributed by atoms with van der Waals surface area (Å²) in [5.74, 6) is -1.51. The lowest BCUT2D eigenvalue weighted by Gasteiger charge is -2.39. The van der Waals surface area contributed by atoms with Crippen LogP contribution in [0.25, 0.3) is 26.8 Å².